The van der Waals surface area contributed by atoms with Gasteiger partial charge in [0.2, 0.25) is 0 Å². The van der Waals surface area contributed by atoms with Gasteiger partial charge in [-0.15, -0.1) is 0 Å². The first-order chi connectivity index (χ1) is 14.2. The summed E-state index contributed by atoms with van der Waals surface area (Å²) >= 11 is 0. The molecule has 3 N–H and O–H groups in total. The van der Waals surface area contributed by atoms with Crippen LogP contribution in [-0.4, -0.2) is 43.0 Å². The summed E-state index contributed by atoms with van der Waals surface area (Å²) in [5.74, 6) is -1.53. The van der Waals surface area contributed by atoms with Gasteiger partial charge in [0.1, 0.15) is 5.75 Å². The van der Waals surface area contributed by atoms with Crippen molar-refractivity contribution >= 4 is 11.9 Å². The first-order valence-corrected chi connectivity index (χ1v) is 10.1. The van der Waals surface area contributed by atoms with Gasteiger partial charge in [0, 0.05) is 6.42 Å². The SMILES string of the molecule is CCOC(=O)CC1CCCc2ccc(OCCCCN)cc2C1.O=C(O)C(F)(F)F. The van der Waals surface area contributed by atoms with Crippen LogP contribution in [0, 0.1) is 5.92 Å². The zero-order valence-corrected chi connectivity index (χ0v) is 17.2. The van der Waals surface area contributed by atoms with E-state index in [9.17, 15) is 18.0 Å². The van der Waals surface area contributed by atoms with Crippen molar-refractivity contribution in [2.45, 2.75) is 58.0 Å². The molecule has 0 amide bonds. The maximum absolute atomic E-state index is 11.7. The predicted octanol–water partition coefficient (Wildman–Crippen LogP) is 3.89. The van der Waals surface area contributed by atoms with E-state index >= 15 is 0 Å². The molecule has 1 aromatic rings. The number of aliphatic carboxylic acids is 1. The summed E-state index contributed by atoms with van der Waals surface area (Å²) in [6.45, 7) is 3.74. The second-order valence-corrected chi connectivity index (χ2v) is 7.05. The second kappa shape index (κ2) is 13.1. The molecule has 1 aromatic carbocycles. The van der Waals surface area contributed by atoms with Crippen molar-refractivity contribution in [1.82, 2.24) is 0 Å². The lowest BCUT2D eigenvalue weighted by atomic mass is 9.94. The van der Waals surface area contributed by atoms with Crippen LogP contribution >= 0.6 is 0 Å². The van der Waals surface area contributed by atoms with Crippen LogP contribution in [0.25, 0.3) is 0 Å². The number of benzene rings is 1. The van der Waals surface area contributed by atoms with Gasteiger partial charge in [-0.25, -0.2) is 4.79 Å². The number of hydrogen-bond donors (Lipinski definition) is 2. The molecule has 6 nitrogen and oxygen atoms in total. The lowest BCUT2D eigenvalue weighted by molar-refractivity contribution is -0.192. The number of carbonyl (C=O) groups excluding carboxylic acids is 1. The number of ether oxygens (including phenoxy) is 2. The monoisotopic (exact) mass is 433 g/mol. The van der Waals surface area contributed by atoms with Gasteiger partial charge >= 0.3 is 18.1 Å². The Labute approximate surface area is 174 Å². The summed E-state index contributed by atoms with van der Waals surface area (Å²) in [4.78, 5) is 20.6. The number of halogens is 3. The van der Waals surface area contributed by atoms with Gasteiger partial charge in [-0.1, -0.05) is 6.07 Å². The molecule has 0 bridgehead atoms. The fourth-order valence-electron chi connectivity index (χ4n) is 3.19. The molecule has 1 atom stereocenters. The van der Waals surface area contributed by atoms with Crippen molar-refractivity contribution in [2.75, 3.05) is 19.8 Å². The van der Waals surface area contributed by atoms with Crippen molar-refractivity contribution in [3.63, 3.8) is 0 Å². The molecule has 0 saturated carbocycles. The van der Waals surface area contributed by atoms with Gasteiger partial charge in [-0.2, -0.15) is 13.2 Å². The molecule has 2 rings (SSSR count). The first-order valence-electron chi connectivity index (χ1n) is 10.1. The fourth-order valence-corrected chi connectivity index (χ4v) is 3.19. The van der Waals surface area contributed by atoms with Gasteiger partial charge in [0.25, 0.3) is 0 Å². The molecule has 0 saturated heterocycles. The summed E-state index contributed by atoms with van der Waals surface area (Å²) in [6, 6.07) is 6.40. The minimum absolute atomic E-state index is 0.0739. The number of aryl methyl sites for hydroxylation is 1. The molecule has 170 valence electrons. The Morgan fingerprint density at radius 2 is 1.93 bits per heavy atom. The van der Waals surface area contributed by atoms with Crippen molar-refractivity contribution in [3.05, 3.63) is 29.3 Å². The quantitative estimate of drug-likeness (QED) is 0.367. The number of nitrogens with two attached hydrogens (primary N) is 1. The molecule has 9 heteroatoms. The maximum Gasteiger partial charge on any atom is 0.490 e. The Hall–Kier alpha value is -2.29. The lowest BCUT2D eigenvalue weighted by Gasteiger charge is -2.15. The van der Waals surface area contributed by atoms with Crippen LogP contribution in [0.5, 0.6) is 5.75 Å². The minimum atomic E-state index is -5.08. The van der Waals surface area contributed by atoms with E-state index in [-0.39, 0.29) is 5.97 Å². The zero-order chi connectivity index (χ0) is 22.6. The van der Waals surface area contributed by atoms with Crippen LogP contribution in [0.4, 0.5) is 13.2 Å². The molecule has 1 aliphatic carbocycles. The molecule has 0 fully saturated rings. The van der Waals surface area contributed by atoms with E-state index in [1.54, 1.807) is 0 Å². The van der Waals surface area contributed by atoms with E-state index in [0.717, 1.165) is 44.3 Å². The zero-order valence-electron chi connectivity index (χ0n) is 17.2. The number of rotatable bonds is 8. The smallest absolute Gasteiger partial charge is 0.490 e. The lowest BCUT2D eigenvalue weighted by Crippen LogP contribution is -2.21. The van der Waals surface area contributed by atoms with Gasteiger partial charge in [0.05, 0.1) is 13.2 Å². The van der Waals surface area contributed by atoms with Crippen molar-refractivity contribution in [2.24, 2.45) is 11.7 Å². The molecule has 0 radical (unpaired) electrons. The van der Waals surface area contributed by atoms with Crippen LogP contribution in [0.15, 0.2) is 18.2 Å². The van der Waals surface area contributed by atoms with Crippen LogP contribution < -0.4 is 10.5 Å². The van der Waals surface area contributed by atoms with Gasteiger partial charge in [-0.05, 0) is 81.2 Å². The molecule has 30 heavy (non-hydrogen) atoms. The van der Waals surface area contributed by atoms with Gasteiger partial charge < -0.3 is 20.3 Å². The number of carboxylic acid groups (broad SMARTS) is 1. The molecule has 0 heterocycles. The number of carboxylic acids is 1. The Morgan fingerprint density at radius 1 is 1.23 bits per heavy atom. The average Bonchev–Trinajstić information content (AvgIpc) is 2.86. The molecule has 1 unspecified atom stereocenters. The predicted molar refractivity (Wildman–Crippen MR) is 105 cm³/mol. The van der Waals surface area contributed by atoms with Crippen LogP contribution in [0.1, 0.15) is 50.2 Å². The van der Waals surface area contributed by atoms with Crippen molar-refractivity contribution in [3.8, 4) is 5.75 Å². The van der Waals surface area contributed by atoms with Crippen molar-refractivity contribution < 1.29 is 37.3 Å². The summed E-state index contributed by atoms with van der Waals surface area (Å²) < 4.78 is 42.7. The first kappa shape index (κ1) is 25.7. The van der Waals surface area contributed by atoms with Crippen LogP contribution in [0.2, 0.25) is 0 Å². The van der Waals surface area contributed by atoms with Crippen molar-refractivity contribution in [1.29, 1.82) is 0 Å². The third-order valence-electron chi connectivity index (χ3n) is 4.62. The molecule has 0 aromatic heterocycles. The highest BCUT2D eigenvalue weighted by molar-refractivity contribution is 5.73. The van der Waals surface area contributed by atoms with Gasteiger partial charge in [0.15, 0.2) is 0 Å². The normalized spacial score (nSPS) is 15.8. The number of esters is 1. The molecule has 0 spiro atoms. The molecular formula is C21H30F3NO5. The van der Waals surface area contributed by atoms with Gasteiger partial charge in [-0.3, -0.25) is 4.79 Å². The number of carbonyl (C=O) groups is 2. The fraction of sp³-hybridized carbons (Fsp3) is 0.619. The Balaban J connectivity index is 0.000000553. The average molecular weight is 433 g/mol. The molecule has 0 aliphatic heterocycles. The highest BCUT2D eigenvalue weighted by Crippen LogP contribution is 2.29. The summed E-state index contributed by atoms with van der Waals surface area (Å²) in [5, 5.41) is 7.12. The largest absolute Gasteiger partial charge is 0.494 e. The number of hydrogen-bond acceptors (Lipinski definition) is 5. The molecule has 1 aliphatic rings. The Kier molecular flexibility index (Phi) is 11.2. The third-order valence-corrected chi connectivity index (χ3v) is 4.62. The van der Waals surface area contributed by atoms with Crippen LogP contribution in [-0.2, 0) is 27.2 Å². The second-order valence-electron chi connectivity index (χ2n) is 7.05. The highest BCUT2D eigenvalue weighted by Gasteiger charge is 2.38. The summed E-state index contributed by atoms with van der Waals surface area (Å²) in [6.07, 6.45) is 1.66. The Bertz CT molecular complexity index is 679. The van der Waals surface area contributed by atoms with E-state index in [4.69, 9.17) is 25.1 Å². The number of unbranched alkanes of at least 4 members (excludes halogenated alkanes) is 1. The Morgan fingerprint density at radius 3 is 2.53 bits per heavy atom. The minimum Gasteiger partial charge on any atom is -0.494 e. The standard InChI is InChI=1S/C19H29NO3.C2HF3O2/c1-2-22-19(21)13-15-6-5-7-16-8-9-18(14-17(16)12-15)23-11-4-3-10-20;3-2(4,5)1(6)7/h8-9,14-15H,2-7,10-13,20H2,1H3;(H,6,7). The number of fused-ring (bicyclic) bond motifs is 1. The number of alkyl halides is 3. The van der Waals surface area contributed by atoms with E-state index in [0.29, 0.717) is 32.1 Å². The maximum atomic E-state index is 11.7. The van der Waals surface area contributed by atoms with Crippen LogP contribution in [0.3, 0.4) is 0 Å². The van der Waals surface area contributed by atoms with E-state index in [1.165, 1.54) is 11.1 Å². The topological polar surface area (TPSA) is 98.9 Å². The summed E-state index contributed by atoms with van der Waals surface area (Å²) in [5.41, 5.74) is 8.22. The van der Waals surface area contributed by atoms with E-state index in [2.05, 4.69) is 18.2 Å². The van der Waals surface area contributed by atoms with E-state index in [1.807, 2.05) is 6.92 Å². The molecular weight excluding hydrogens is 403 g/mol. The third kappa shape index (κ3) is 9.96. The van der Waals surface area contributed by atoms with E-state index < -0.39 is 12.1 Å². The highest BCUT2D eigenvalue weighted by atomic mass is 19.4. The summed E-state index contributed by atoms with van der Waals surface area (Å²) in [7, 11) is 0.